The fourth-order valence-corrected chi connectivity index (χ4v) is 3.30. The van der Waals surface area contributed by atoms with Gasteiger partial charge in [0.1, 0.15) is 5.92 Å². The van der Waals surface area contributed by atoms with E-state index in [2.05, 4.69) is 25.9 Å². The predicted molar refractivity (Wildman–Crippen MR) is 89.2 cm³/mol. The van der Waals surface area contributed by atoms with E-state index < -0.39 is 5.92 Å². The molecule has 1 saturated heterocycles. The molecule has 0 aromatic heterocycles. The molecule has 114 valence electrons. The molecule has 1 amide bonds. The number of likely N-dealkylation sites (N-methyl/N-ethyl adjacent to an activating group) is 1. The van der Waals surface area contributed by atoms with Crippen molar-refractivity contribution in [2.75, 3.05) is 27.2 Å². The molecular weight excluding hydrogens is 282 g/mol. The van der Waals surface area contributed by atoms with Gasteiger partial charge in [0, 0.05) is 19.1 Å². The van der Waals surface area contributed by atoms with Crippen LogP contribution in [0.2, 0.25) is 0 Å². The third kappa shape index (κ3) is 3.41. The SMILES string of the molecule is CC1CN(C(=O)C(C(N)=S)c2ccccc2)CC1N(C)C. The van der Waals surface area contributed by atoms with E-state index in [1.165, 1.54) is 0 Å². The van der Waals surface area contributed by atoms with Crippen LogP contribution in [-0.2, 0) is 4.79 Å². The maximum absolute atomic E-state index is 12.8. The summed E-state index contributed by atoms with van der Waals surface area (Å²) in [7, 11) is 4.11. The summed E-state index contributed by atoms with van der Waals surface area (Å²) >= 11 is 5.14. The van der Waals surface area contributed by atoms with Gasteiger partial charge in [0.05, 0.1) is 4.99 Å². The van der Waals surface area contributed by atoms with Crippen molar-refractivity contribution in [1.29, 1.82) is 0 Å². The second-order valence-electron chi connectivity index (χ2n) is 6.00. The molecule has 3 atom stereocenters. The average molecular weight is 305 g/mol. The Labute approximate surface area is 131 Å². The van der Waals surface area contributed by atoms with E-state index in [4.69, 9.17) is 18.0 Å². The first-order chi connectivity index (χ1) is 9.91. The van der Waals surface area contributed by atoms with Crippen LogP contribution in [0.3, 0.4) is 0 Å². The number of nitrogens with two attached hydrogens (primary N) is 1. The number of thiocarbonyl (C=S) groups is 1. The number of nitrogens with zero attached hydrogens (tertiary/aromatic N) is 2. The van der Waals surface area contributed by atoms with Crippen molar-refractivity contribution in [2.45, 2.75) is 18.9 Å². The van der Waals surface area contributed by atoms with E-state index in [-0.39, 0.29) is 10.9 Å². The summed E-state index contributed by atoms with van der Waals surface area (Å²) in [6.07, 6.45) is 0. The third-order valence-corrected chi connectivity index (χ3v) is 4.45. The van der Waals surface area contributed by atoms with Gasteiger partial charge < -0.3 is 15.5 Å². The molecule has 2 N–H and O–H groups in total. The normalized spacial score (nSPS) is 23.3. The van der Waals surface area contributed by atoms with Crippen molar-refractivity contribution < 1.29 is 4.79 Å². The number of rotatable bonds is 4. The van der Waals surface area contributed by atoms with Crippen molar-refractivity contribution in [2.24, 2.45) is 11.7 Å². The summed E-state index contributed by atoms with van der Waals surface area (Å²) in [5.74, 6) is -0.0501. The lowest BCUT2D eigenvalue weighted by molar-refractivity contribution is -0.130. The van der Waals surface area contributed by atoms with Crippen LogP contribution >= 0.6 is 12.2 Å². The fraction of sp³-hybridized carbons (Fsp3) is 0.500. The van der Waals surface area contributed by atoms with Crippen LogP contribution in [0, 0.1) is 5.92 Å². The zero-order chi connectivity index (χ0) is 15.6. The lowest BCUT2D eigenvalue weighted by Crippen LogP contribution is -2.40. The minimum Gasteiger partial charge on any atom is -0.392 e. The number of hydrogen-bond donors (Lipinski definition) is 1. The van der Waals surface area contributed by atoms with Gasteiger partial charge in [0.15, 0.2) is 0 Å². The maximum Gasteiger partial charge on any atom is 0.237 e. The molecule has 5 heteroatoms. The van der Waals surface area contributed by atoms with E-state index in [0.717, 1.165) is 18.7 Å². The summed E-state index contributed by atoms with van der Waals surface area (Å²) in [5, 5.41) is 0. The molecule has 1 aromatic rings. The summed E-state index contributed by atoms with van der Waals surface area (Å²) in [6.45, 7) is 3.67. The Morgan fingerprint density at radius 3 is 2.43 bits per heavy atom. The summed E-state index contributed by atoms with van der Waals surface area (Å²) in [5.41, 5.74) is 6.71. The molecule has 1 aliphatic rings. The molecule has 0 saturated carbocycles. The Morgan fingerprint density at radius 1 is 1.33 bits per heavy atom. The second-order valence-corrected chi connectivity index (χ2v) is 6.47. The highest BCUT2D eigenvalue weighted by atomic mass is 32.1. The molecule has 4 nitrogen and oxygen atoms in total. The van der Waals surface area contributed by atoms with Crippen molar-refractivity contribution >= 4 is 23.1 Å². The number of hydrogen-bond acceptors (Lipinski definition) is 3. The summed E-state index contributed by atoms with van der Waals surface area (Å²) < 4.78 is 0. The minimum absolute atomic E-state index is 0.0184. The molecule has 0 radical (unpaired) electrons. The van der Waals surface area contributed by atoms with E-state index in [1.54, 1.807) is 0 Å². The van der Waals surface area contributed by atoms with Gasteiger partial charge in [-0.3, -0.25) is 4.79 Å². The molecule has 2 rings (SSSR count). The smallest absolute Gasteiger partial charge is 0.237 e. The van der Waals surface area contributed by atoms with Crippen LogP contribution in [0.25, 0.3) is 0 Å². The van der Waals surface area contributed by atoms with Gasteiger partial charge in [-0.25, -0.2) is 0 Å². The largest absolute Gasteiger partial charge is 0.392 e. The molecule has 1 fully saturated rings. The Kier molecular flexibility index (Phi) is 4.96. The Morgan fingerprint density at radius 2 is 1.95 bits per heavy atom. The number of amides is 1. The van der Waals surface area contributed by atoms with E-state index in [1.807, 2.05) is 35.2 Å². The Bertz CT molecular complexity index is 518. The molecule has 0 spiro atoms. The lowest BCUT2D eigenvalue weighted by atomic mass is 9.97. The molecule has 21 heavy (non-hydrogen) atoms. The van der Waals surface area contributed by atoms with Gasteiger partial charge >= 0.3 is 0 Å². The van der Waals surface area contributed by atoms with E-state index in [0.29, 0.717) is 12.0 Å². The Balaban J connectivity index is 2.19. The van der Waals surface area contributed by atoms with Crippen LogP contribution in [0.5, 0.6) is 0 Å². The molecule has 1 aromatic carbocycles. The highest BCUT2D eigenvalue weighted by Gasteiger charge is 2.37. The van der Waals surface area contributed by atoms with Crippen molar-refractivity contribution in [3.8, 4) is 0 Å². The highest BCUT2D eigenvalue weighted by molar-refractivity contribution is 7.80. The number of likely N-dealkylation sites (tertiary alicyclic amines) is 1. The maximum atomic E-state index is 12.8. The van der Waals surface area contributed by atoms with Crippen LogP contribution in [0.4, 0.5) is 0 Å². The molecule has 1 aliphatic heterocycles. The van der Waals surface area contributed by atoms with Gasteiger partial charge in [-0.1, -0.05) is 49.5 Å². The van der Waals surface area contributed by atoms with Gasteiger partial charge in [-0.05, 0) is 25.6 Å². The first kappa shape index (κ1) is 15.9. The molecule has 1 heterocycles. The molecule has 0 aliphatic carbocycles. The zero-order valence-corrected chi connectivity index (χ0v) is 13.6. The van der Waals surface area contributed by atoms with Crippen LogP contribution < -0.4 is 5.73 Å². The third-order valence-electron chi connectivity index (χ3n) is 4.21. The first-order valence-corrected chi connectivity index (χ1v) is 7.62. The van der Waals surface area contributed by atoms with Crippen molar-refractivity contribution in [3.05, 3.63) is 35.9 Å². The number of benzene rings is 1. The Hall–Kier alpha value is -1.46. The van der Waals surface area contributed by atoms with Crippen LogP contribution in [-0.4, -0.2) is 53.9 Å². The predicted octanol–water partition coefficient (Wildman–Crippen LogP) is 1.46. The van der Waals surface area contributed by atoms with Crippen LogP contribution in [0.15, 0.2) is 30.3 Å². The minimum atomic E-state index is -0.519. The monoisotopic (exact) mass is 305 g/mol. The van der Waals surface area contributed by atoms with E-state index in [9.17, 15) is 4.79 Å². The highest BCUT2D eigenvalue weighted by Crippen LogP contribution is 2.25. The van der Waals surface area contributed by atoms with E-state index >= 15 is 0 Å². The van der Waals surface area contributed by atoms with Crippen molar-refractivity contribution in [3.63, 3.8) is 0 Å². The zero-order valence-electron chi connectivity index (χ0n) is 12.8. The lowest BCUT2D eigenvalue weighted by Gasteiger charge is -2.24. The molecule has 3 unspecified atom stereocenters. The van der Waals surface area contributed by atoms with Gasteiger partial charge in [0.25, 0.3) is 0 Å². The van der Waals surface area contributed by atoms with Gasteiger partial charge in [-0.15, -0.1) is 0 Å². The van der Waals surface area contributed by atoms with Crippen LogP contribution in [0.1, 0.15) is 18.4 Å². The summed E-state index contributed by atoms with van der Waals surface area (Å²) in [6, 6.07) is 9.93. The number of carbonyl (C=O) groups is 1. The first-order valence-electron chi connectivity index (χ1n) is 7.21. The quantitative estimate of drug-likeness (QED) is 0.856. The van der Waals surface area contributed by atoms with Gasteiger partial charge in [-0.2, -0.15) is 0 Å². The van der Waals surface area contributed by atoms with Crippen molar-refractivity contribution in [1.82, 2.24) is 9.80 Å². The molecular formula is C16H23N3OS. The summed E-state index contributed by atoms with van der Waals surface area (Å²) in [4.78, 5) is 17.2. The average Bonchev–Trinajstić information content (AvgIpc) is 2.82. The topological polar surface area (TPSA) is 49.6 Å². The van der Waals surface area contributed by atoms with Gasteiger partial charge in [0.2, 0.25) is 5.91 Å². The molecule has 0 bridgehead atoms. The standard InChI is InChI=1S/C16H23N3OS/c1-11-9-19(10-13(11)18(2)3)16(20)14(15(17)21)12-7-5-4-6-8-12/h4-8,11,13-14H,9-10H2,1-3H3,(H2,17,21). The number of carbonyl (C=O) groups excluding carboxylic acids is 1. The second kappa shape index (κ2) is 6.54. The fourth-order valence-electron chi connectivity index (χ4n) is 3.06.